The van der Waals surface area contributed by atoms with Crippen molar-refractivity contribution in [3.8, 4) is 0 Å². The number of urea groups is 1. The number of thioether (sulfide) groups is 1. The summed E-state index contributed by atoms with van der Waals surface area (Å²) in [6.45, 7) is 0. The second-order valence-corrected chi connectivity index (χ2v) is 5.04. The number of hydrogen-bond donors (Lipinski definition) is 2. The van der Waals surface area contributed by atoms with Gasteiger partial charge in [0.05, 0.1) is 11.6 Å². The molecule has 2 amide bonds. The number of ether oxygens (including phenoxy) is 1. The maximum absolute atomic E-state index is 11.9. The van der Waals surface area contributed by atoms with E-state index in [1.807, 2.05) is 6.07 Å². The summed E-state index contributed by atoms with van der Waals surface area (Å²) in [5.74, 6) is 0.999. The number of primary amides is 1. The quantitative estimate of drug-likeness (QED) is 0.800. The largest absolute Gasteiger partial charge is 0.456 e. The lowest BCUT2D eigenvalue weighted by Gasteiger charge is -2.19. The molecule has 0 aromatic heterocycles. The molecule has 1 aromatic carbocycles. The maximum atomic E-state index is 11.9. The Morgan fingerprint density at radius 1 is 1.28 bits per heavy atom. The molecule has 2 rings (SSSR count). The van der Waals surface area contributed by atoms with Crippen LogP contribution in [0.1, 0.15) is 10.4 Å². The minimum absolute atomic E-state index is 0.208. The van der Waals surface area contributed by atoms with Gasteiger partial charge in [0.1, 0.15) is 6.10 Å². The summed E-state index contributed by atoms with van der Waals surface area (Å²) in [7, 11) is 0. The first kappa shape index (κ1) is 12.8. The van der Waals surface area contributed by atoms with Gasteiger partial charge in [0.2, 0.25) is 0 Å². The molecule has 6 heteroatoms. The average molecular weight is 266 g/mol. The van der Waals surface area contributed by atoms with Crippen LogP contribution in [0.3, 0.4) is 0 Å². The van der Waals surface area contributed by atoms with Crippen molar-refractivity contribution in [3.63, 3.8) is 0 Å². The third-order valence-corrected chi connectivity index (χ3v) is 3.78. The van der Waals surface area contributed by atoms with Gasteiger partial charge in [0.25, 0.3) is 0 Å². The number of rotatable bonds is 3. The number of esters is 1. The highest BCUT2D eigenvalue weighted by Gasteiger charge is 2.32. The zero-order valence-electron chi connectivity index (χ0n) is 9.67. The molecule has 0 bridgehead atoms. The van der Waals surface area contributed by atoms with Crippen molar-refractivity contribution >= 4 is 23.8 Å². The van der Waals surface area contributed by atoms with Crippen LogP contribution in [-0.2, 0) is 4.74 Å². The van der Waals surface area contributed by atoms with Gasteiger partial charge in [-0.3, -0.25) is 0 Å². The molecule has 1 fully saturated rings. The predicted octanol–water partition coefficient (Wildman–Crippen LogP) is 0.996. The molecule has 96 valence electrons. The standard InChI is InChI=1S/C12H14N2O3S/c13-12(16)14-9-6-18-7-10(9)17-11(15)8-4-2-1-3-5-8/h1-5,9-10H,6-7H2,(H3,13,14,16)/t9-,10-/m0/s1. The van der Waals surface area contributed by atoms with Gasteiger partial charge in [0, 0.05) is 11.5 Å². The Morgan fingerprint density at radius 3 is 2.67 bits per heavy atom. The molecular weight excluding hydrogens is 252 g/mol. The zero-order chi connectivity index (χ0) is 13.0. The summed E-state index contributed by atoms with van der Waals surface area (Å²) < 4.78 is 5.38. The van der Waals surface area contributed by atoms with Gasteiger partial charge >= 0.3 is 12.0 Å². The number of carbonyl (C=O) groups excluding carboxylic acids is 2. The summed E-state index contributed by atoms with van der Waals surface area (Å²) >= 11 is 1.62. The monoisotopic (exact) mass is 266 g/mol. The van der Waals surface area contributed by atoms with E-state index in [-0.39, 0.29) is 18.1 Å². The molecule has 18 heavy (non-hydrogen) atoms. The molecular formula is C12H14N2O3S. The van der Waals surface area contributed by atoms with Gasteiger partial charge < -0.3 is 15.8 Å². The van der Waals surface area contributed by atoms with Crippen molar-refractivity contribution < 1.29 is 14.3 Å². The maximum Gasteiger partial charge on any atom is 0.338 e. The highest BCUT2D eigenvalue weighted by Crippen LogP contribution is 2.22. The van der Waals surface area contributed by atoms with Crippen LogP contribution in [-0.4, -0.2) is 35.7 Å². The van der Waals surface area contributed by atoms with Crippen LogP contribution in [0.5, 0.6) is 0 Å². The molecule has 0 aliphatic carbocycles. The average Bonchev–Trinajstić information content (AvgIpc) is 2.77. The summed E-state index contributed by atoms with van der Waals surface area (Å²) in [4.78, 5) is 22.7. The minimum Gasteiger partial charge on any atom is -0.456 e. The van der Waals surface area contributed by atoms with Crippen LogP contribution in [0.15, 0.2) is 30.3 Å². The van der Waals surface area contributed by atoms with Crippen molar-refractivity contribution in [1.29, 1.82) is 0 Å². The molecule has 5 nitrogen and oxygen atoms in total. The number of carbonyl (C=O) groups is 2. The van der Waals surface area contributed by atoms with E-state index in [1.165, 1.54) is 0 Å². The van der Waals surface area contributed by atoms with Crippen LogP contribution < -0.4 is 11.1 Å². The number of nitrogens with one attached hydrogen (secondary N) is 1. The molecule has 0 saturated carbocycles. The molecule has 1 aliphatic rings. The van der Waals surface area contributed by atoms with Gasteiger partial charge in [-0.05, 0) is 12.1 Å². The molecule has 0 unspecified atom stereocenters. The van der Waals surface area contributed by atoms with Crippen LogP contribution in [0.4, 0.5) is 4.79 Å². The Kier molecular flexibility index (Phi) is 4.09. The Labute approximate surface area is 109 Å². The third-order valence-electron chi connectivity index (χ3n) is 2.62. The fourth-order valence-electron chi connectivity index (χ4n) is 1.75. The second kappa shape index (κ2) is 5.77. The number of hydrogen-bond acceptors (Lipinski definition) is 4. The summed E-state index contributed by atoms with van der Waals surface area (Å²) in [6.07, 6.45) is -0.324. The van der Waals surface area contributed by atoms with Crippen molar-refractivity contribution in [2.75, 3.05) is 11.5 Å². The summed E-state index contributed by atoms with van der Waals surface area (Å²) in [5.41, 5.74) is 5.58. The summed E-state index contributed by atoms with van der Waals surface area (Å²) in [6, 6.07) is 7.98. The number of amides is 2. The predicted molar refractivity (Wildman–Crippen MR) is 69.5 cm³/mol. The molecule has 0 spiro atoms. The third kappa shape index (κ3) is 3.16. The van der Waals surface area contributed by atoms with Gasteiger partial charge in [0.15, 0.2) is 0 Å². The first-order valence-corrected chi connectivity index (χ1v) is 6.72. The normalized spacial score (nSPS) is 22.4. The molecule has 0 radical (unpaired) electrons. The lowest BCUT2D eigenvalue weighted by atomic mass is 10.2. The molecule has 2 atom stereocenters. The SMILES string of the molecule is NC(=O)N[C@H]1CSC[C@@H]1OC(=O)c1ccccc1. The van der Waals surface area contributed by atoms with Crippen LogP contribution >= 0.6 is 11.8 Å². The van der Waals surface area contributed by atoms with Crippen molar-refractivity contribution in [3.05, 3.63) is 35.9 Å². The van der Waals surface area contributed by atoms with E-state index in [0.717, 1.165) is 0 Å². The van der Waals surface area contributed by atoms with Gasteiger partial charge in [-0.2, -0.15) is 11.8 Å². The summed E-state index contributed by atoms with van der Waals surface area (Å²) in [5, 5.41) is 2.59. The van der Waals surface area contributed by atoms with Gasteiger partial charge in [-0.15, -0.1) is 0 Å². The van der Waals surface area contributed by atoms with Crippen molar-refractivity contribution in [2.24, 2.45) is 5.73 Å². The zero-order valence-corrected chi connectivity index (χ0v) is 10.5. The fourth-order valence-corrected chi connectivity index (χ4v) is 2.97. The molecule has 1 saturated heterocycles. The first-order chi connectivity index (χ1) is 8.66. The van der Waals surface area contributed by atoms with E-state index in [0.29, 0.717) is 17.1 Å². The lowest BCUT2D eigenvalue weighted by Crippen LogP contribution is -2.46. The Balaban J connectivity index is 1.96. The van der Waals surface area contributed by atoms with Crippen molar-refractivity contribution in [1.82, 2.24) is 5.32 Å². The smallest absolute Gasteiger partial charge is 0.338 e. The van der Waals surface area contributed by atoms with E-state index < -0.39 is 6.03 Å². The van der Waals surface area contributed by atoms with E-state index >= 15 is 0 Å². The molecule has 1 aromatic rings. The minimum atomic E-state index is -0.594. The first-order valence-electron chi connectivity index (χ1n) is 5.56. The van der Waals surface area contributed by atoms with Gasteiger partial charge in [-0.25, -0.2) is 9.59 Å². The van der Waals surface area contributed by atoms with E-state index in [1.54, 1.807) is 36.0 Å². The highest BCUT2D eigenvalue weighted by molar-refractivity contribution is 7.99. The Hall–Kier alpha value is -1.69. The highest BCUT2D eigenvalue weighted by atomic mass is 32.2. The molecule has 3 N–H and O–H groups in total. The number of benzene rings is 1. The number of nitrogens with two attached hydrogens (primary N) is 1. The van der Waals surface area contributed by atoms with Crippen LogP contribution in [0.2, 0.25) is 0 Å². The van der Waals surface area contributed by atoms with E-state index in [4.69, 9.17) is 10.5 Å². The van der Waals surface area contributed by atoms with Crippen LogP contribution in [0, 0.1) is 0 Å². The van der Waals surface area contributed by atoms with Crippen LogP contribution in [0.25, 0.3) is 0 Å². The van der Waals surface area contributed by atoms with E-state index in [2.05, 4.69) is 5.32 Å². The van der Waals surface area contributed by atoms with Gasteiger partial charge in [-0.1, -0.05) is 18.2 Å². The fraction of sp³-hybridized carbons (Fsp3) is 0.333. The second-order valence-electron chi connectivity index (χ2n) is 3.96. The molecule has 1 aliphatic heterocycles. The van der Waals surface area contributed by atoms with E-state index in [9.17, 15) is 9.59 Å². The topological polar surface area (TPSA) is 81.4 Å². The Bertz CT molecular complexity index is 438. The Morgan fingerprint density at radius 2 is 2.00 bits per heavy atom. The lowest BCUT2D eigenvalue weighted by molar-refractivity contribution is 0.0306. The molecule has 1 heterocycles. The van der Waals surface area contributed by atoms with Crippen molar-refractivity contribution in [2.45, 2.75) is 12.1 Å².